The van der Waals surface area contributed by atoms with Crippen molar-refractivity contribution in [2.24, 2.45) is 52.3 Å². The van der Waals surface area contributed by atoms with Crippen LogP contribution in [-0.4, -0.2) is 48.0 Å². The van der Waals surface area contributed by atoms with E-state index < -0.39 is 0 Å². The van der Waals surface area contributed by atoms with E-state index in [1.807, 2.05) is 12.1 Å². The lowest BCUT2D eigenvalue weighted by Gasteiger charge is -2.61. The van der Waals surface area contributed by atoms with Gasteiger partial charge < -0.3 is 25.2 Å². The Hall–Kier alpha value is -2.12. The summed E-state index contributed by atoms with van der Waals surface area (Å²) in [6.45, 7) is 11.3. The van der Waals surface area contributed by atoms with E-state index in [2.05, 4.69) is 38.3 Å². The van der Waals surface area contributed by atoms with Crippen LogP contribution in [0.3, 0.4) is 0 Å². The predicted octanol–water partition coefficient (Wildman–Crippen LogP) is 6.37. The minimum atomic E-state index is -0.340. The van der Waals surface area contributed by atoms with Crippen molar-refractivity contribution in [3.8, 4) is 5.75 Å². The average molecular weight is 621 g/mol. The van der Waals surface area contributed by atoms with Gasteiger partial charge in [-0.05, 0) is 128 Å². The van der Waals surface area contributed by atoms with Gasteiger partial charge in [-0.15, -0.1) is 0 Å². The Bertz CT molecular complexity index is 1260. The Morgan fingerprint density at radius 1 is 0.911 bits per heavy atom. The molecule has 248 valence electrons. The van der Waals surface area contributed by atoms with Crippen LogP contribution in [0.2, 0.25) is 0 Å². The largest absolute Gasteiger partial charge is 0.508 e. The summed E-state index contributed by atoms with van der Waals surface area (Å²) in [4.78, 5) is 25.3. The summed E-state index contributed by atoms with van der Waals surface area (Å²) in [6.07, 6.45) is 12.8. The van der Waals surface area contributed by atoms with Crippen LogP contribution in [0, 0.1) is 52.3 Å². The van der Waals surface area contributed by atoms with Gasteiger partial charge in [0.15, 0.2) is 5.79 Å². The van der Waals surface area contributed by atoms with Gasteiger partial charge in [0.05, 0.1) is 12.7 Å². The molecule has 2 amide bonds. The summed E-state index contributed by atoms with van der Waals surface area (Å²) in [5.74, 6) is 4.15. The van der Waals surface area contributed by atoms with Gasteiger partial charge in [-0.3, -0.25) is 9.59 Å². The van der Waals surface area contributed by atoms with Crippen molar-refractivity contribution < 1.29 is 24.2 Å². The van der Waals surface area contributed by atoms with Crippen molar-refractivity contribution in [2.45, 2.75) is 123 Å². The number of aromatic hydroxyl groups is 1. The van der Waals surface area contributed by atoms with Crippen LogP contribution in [-0.2, 0) is 25.5 Å². The van der Waals surface area contributed by atoms with Gasteiger partial charge >= 0.3 is 0 Å². The third kappa shape index (κ3) is 5.52. The maximum atomic E-state index is 12.9. The quantitative estimate of drug-likeness (QED) is 0.321. The zero-order chi connectivity index (χ0) is 31.6. The van der Waals surface area contributed by atoms with Crippen molar-refractivity contribution >= 4 is 11.8 Å². The lowest BCUT2D eigenvalue weighted by Crippen LogP contribution is -2.56. The molecule has 2 aliphatic heterocycles. The van der Waals surface area contributed by atoms with E-state index in [1.165, 1.54) is 44.9 Å². The number of rotatable bonds is 6. The fourth-order valence-corrected chi connectivity index (χ4v) is 11.9. The van der Waals surface area contributed by atoms with Gasteiger partial charge in [0.1, 0.15) is 12.2 Å². The lowest BCUT2D eigenvalue weighted by atomic mass is 9.44. The monoisotopic (exact) mass is 620 g/mol. The van der Waals surface area contributed by atoms with Crippen LogP contribution in [0.4, 0.5) is 0 Å². The highest BCUT2D eigenvalue weighted by Gasteiger charge is 2.69. The highest BCUT2D eigenvalue weighted by atomic mass is 16.7. The summed E-state index contributed by atoms with van der Waals surface area (Å²) in [5.41, 5.74) is 1.72. The fourth-order valence-electron chi connectivity index (χ4n) is 11.9. The van der Waals surface area contributed by atoms with E-state index in [4.69, 9.17) is 9.47 Å². The van der Waals surface area contributed by atoms with Crippen LogP contribution in [0.5, 0.6) is 5.75 Å². The van der Waals surface area contributed by atoms with E-state index in [9.17, 15) is 14.7 Å². The smallest absolute Gasteiger partial charge is 0.229 e. The number of nitrogens with one attached hydrogen (secondary N) is 2. The number of carbonyl (C=O) groups is 2. The maximum Gasteiger partial charge on any atom is 0.229 e. The molecule has 7 heteroatoms. The second-order valence-electron chi connectivity index (χ2n) is 16.7. The third-order valence-electron chi connectivity index (χ3n) is 14.3. The Labute approximate surface area is 270 Å². The molecule has 1 unspecified atom stereocenters. The topological polar surface area (TPSA) is 96.9 Å². The highest BCUT2D eigenvalue weighted by molar-refractivity contribution is 5.96. The number of phenols is 1. The summed E-state index contributed by atoms with van der Waals surface area (Å²) < 4.78 is 13.5. The molecule has 45 heavy (non-hydrogen) atoms. The zero-order valence-corrected chi connectivity index (χ0v) is 28.0. The molecule has 7 nitrogen and oxygen atoms in total. The number of benzene rings is 1. The number of hydrogen-bond acceptors (Lipinski definition) is 5. The second kappa shape index (κ2) is 11.8. The van der Waals surface area contributed by atoms with Gasteiger partial charge in [-0.25, -0.2) is 0 Å². The van der Waals surface area contributed by atoms with Crippen molar-refractivity contribution in [3.05, 3.63) is 29.8 Å². The van der Waals surface area contributed by atoms with E-state index in [-0.39, 0.29) is 35.8 Å². The van der Waals surface area contributed by atoms with Gasteiger partial charge in [-0.2, -0.15) is 0 Å². The Morgan fingerprint density at radius 2 is 1.69 bits per heavy atom. The molecule has 7 rings (SSSR count). The molecule has 0 bridgehead atoms. The van der Waals surface area contributed by atoms with Crippen LogP contribution in [0.25, 0.3) is 0 Å². The molecule has 4 saturated carbocycles. The molecule has 6 fully saturated rings. The molecule has 3 N–H and O–H groups in total. The molecule has 0 radical (unpaired) electrons. The van der Waals surface area contributed by atoms with Gasteiger partial charge in [0.2, 0.25) is 11.8 Å². The first kappa shape index (κ1) is 31.5. The molecule has 2 heterocycles. The fraction of sp³-hybridized carbons (Fsp3) is 0.789. The first-order chi connectivity index (χ1) is 21.5. The Balaban J connectivity index is 0.919. The molecule has 6 aliphatic rings. The number of phenolic OH excluding ortho intramolecular Hbond substituents is 1. The van der Waals surface area contributed by atoms with E-state index in [1.54, 1.807) is 12.1 Å². The Morgan fingerprint density at radius 3 is 2.44 bits per heavy atom. The number of fused-ring (bicyclic) bond motifs is 7. The molecule has 4 aliphatic carbocycles. The van der Waals surface area contributed by atoms with E-state index in [0.717, 1.165) is 49.2 Å². The van der Waals surface area contributed by atoms with Crippen LogP contribution in [0.15, 0.2) is 24.3 Å². The summed E-state index contributed by atoms with van der Waals surface area (Å²) in [6, 6.07) is 7.15. The number of amides is 2. The molecule has 1 aromatic carbocycles. The summed E-state index contributed by atoms with van der Waals surface area (Å²) in [5, 5.41) is 15.5. The van der Waals surface area contributed by atoms with Gasteiger partial charge in [0.25, 0.3) is 0 Å². The summed E-state index contributed by atoms with van der Waals surface area (Å²) in [7, 11) is 0. The van der Waals surface area contributed by atoms with Gasteiger partial charge in [0, 0.05) is 24.9 Å². The Kier molecular flexibility index (Phi) is 8.28. The van der Waals surface area contributed by atoms with Crippen LogP contribution < -0.4 is 10.6 Å². The lowest BCUT2D eigenvalue weighted by molar-refractivity contribution is -0.273. The molecule has 1 spiro atoms. The molecular weight excluding hydrogens is 564 g/mol. The normalized spacial score (nSPS) is 45.2. The maximum absolute atomic E-state index is 12.9. The second-order valence-corrected chi connectivity index (χ2v) is 16.7. The molecular formula is C38H56N2O5. The summed E-state index contributed by atoms with van der Waals surface area (Å²) >= 11 is 0. The van der Waals surface area contributed by atoms with Crippen LogP contribution in [0.1, 0.15) is 104 Å². The average Bonchev–Trinajstić information content (AvgIpc) is 3.45. The minimum absolute atomic E-state index is 0.118. The molecule has 2 saturated heterocycles. The zero-order valence-electron chi connectivity index (χ0n) is 28.0. The van der Waals surface area contributed by atoms with Crippen LogP contribution >= 0.6 is 0 Å². The predicted molar refractivity (Wildman–Crippen MR) is 173 cm³/mol. The van der Waals surface area contributed by atoms with E-state index >= 15 is 0 Å². The molecule has 1 aromatic rings. The first-order valence-corrected chi connectivity index (χ1v) is 18.2. The van der Waals surface area contributed by atoms with E-state index in [0.29, 0.717) is 53.6 Å². The number of hydrogen-bond donors (Lipinski definition) is 3. The first-order valence-electron chi connectivity index (χ1n) is 18.2. The molecule has 12 atom stereocenters. The van der Waals surface area contributed by atoms with Gasteiger partial charge in [-0.1, -0.05) is 39.8 Å². The van der Waals surface area contributed by atoms with Crippen molar-refractivity contribution in [3.63, 3.8) is 0 Å². The van der Waals surface area contributed by atoms with Crippen molar-refractivity contribution in [1.29, 1.82) is 0 Å². The minimum Gasteiger partial charge on any atom is -0.508 e. The standard InChI is InChI=1S/C38H56N2O5/c1-23-11-17-38(44-22-23)24(2)35-32(45-38)20-31-29-10-7-26-19-27(12-15-36(26,3)30(29)13-16-37(31,35)4)40-34(43)21-33(42)39-18-14-25-5-8-28(41)9-6-25/h5-6,8-9,23-24,26-27,29-32,35,41H,7,10-22H2,1-4H3,(H,39,42)(H,40,43)/t23-,24+,26-,27?,29-,30+,31+,32+,35+,36+,37+,38-/m1/s1. The SMILES string of the molecule is C[C@@H]1CC[C@@]2(OC1)O[C@H]1C[C@H]3[C@@H]4CC[C@@H]5CC(NC(=O)CC(=O)NCCc6ccc(O)cc6)CC[C@]5(C)[C@H]4CC[C@]3(C)[C@H]1[C@@H]2C. The highest BCUT2D eigenvalue weighted by Crippen LogP contribution is 2.71. The number of carbonyl (C=O) groups excluding carboxylic acids is 2. The molecule has 0 aromatic heterocycles. The van der Waals surface area contributed by atoms with Crippen molar-refractivity contribution in [2.75, 3.05) is 13.2 Å². The van der Waals surface area contributed by atoms with Crippen molar-refractivity contribution in [1.82, 2.24) is 10.6 Å². The number of ether oxygens (including phenoxy) is 2. The third-order valence-corrected chi connectivity index (χ3v) is 14.3.